The number of rotatable bonds is 3. The van der Waals surface area contributed by atoms with Gasteiger partial charge >= 0.3 is 0 Å². The molecule has 2 nitrogen and oxygen atoms in total. The molecule has 8 heavy (non-hydrogen) atoms. The SMILES string of the molecule is C[SH](C)OO[SH](C)C. The van der Waals surface area contributed by atoms with Crippen LogP contribution in [0.15, 0.2) is 0 Å². The van der Waals surface area contributed by atoms with Crippen molar-refractivity contribution in [3.05, 3.63) is 0 Å². The Morgan fingerprint density at radius 1 is 0.750 bits per heavy atom. The molecule has 0 spiro atoms. The van der Waals surface area contributed by atoms with Crippen molar-refractivity contribution >= 4 is 22.4 Å². The molecule has 0 saturated heterocycles. The highest BCUT2D eigenvalue weighted by atomic mass is 32.2. The molecule has 0 fully saturated rings. The number of hydrogen-bond acceptors (Lipinski definition) is 2. The highest BCUT2D eigenvalue weighted by Crippen LogP contribution is 2.24. The van der Waals surface area contributed by atoms with Crippen LogP contribution in [0.3, 0.4) is 0 Å². The van der Waals surface area contributed by atoms with E-state index >= 15 is 0 Å². The molecule has 0 atom stereocenters. The van der Waals surface area contributed by atoms with E-state index in [0.717, 1.165) is 0 Å². The number of hydrogen-bond donors (Lipinski definition) is 2. The van der Waals surface area contributed by atoms with Crippen molar-refractivity contribution in [2.24, 2.45) is 0 Å². The summed E-state index contributed by atoms with van der Waals surface area (Å²) in [6, 6.07) is 0. The van der Waals surface area contributed by atoms with Crippen LogP contribution in [0.4, 0.5) is 0 Å². The summed E-state index contributed by atoms with van der Waals surface area (Å²) in [6.45, 7) is 0. The van der Waals surface area contributed by atoms with Crippen LogP contribution in [0.2, 0.25) is 0 Å². The lowest BCUT2D eigenvalue weighted by molar-refractivity contribution is -0.0588. The average Bonchev–Trinajstić information content (AvgIpc) is 1.61. The lowest BCUT2D eigenvalue weighted by Crippen LogP contribution is -1.85. The van der Waals surface area contributed by atoms with Gasteiger partial charge in [0.15, 0.2) is 0 Å². The average molecular weight is 158 g/mol. The van der Waals surface area contributed by atoms with E-state index in [1.165, 1.54) is 0 Å². The quantitative estimate of drug-likeness (QED) is 0.366. The maximum absolute atomic E-state index is 4.90. The van der Waals surface area contributed by atoms with Gasteiger partial charge in [-0.05, 0) is 25.0 Å². The van der Waals surface area contributed by atoms with Gasteiger partial charge < -0.3 is 0 Å². The standard InChI is InChI=1S/C4H14O2S2/c1-7(2)5-6-8(3)4/h7-8H,1-4H3. The second-order valence-corrected chi connectivity index (χ2v) is 5.32. The van der Waals surface area contributed by atoms with Gasteiger partial charge in [0.05, 0.1) is 0 Å². The third-order valence-electron chi connectivity index (χ3n) is 0.331. The van der Waals surface area contributed by atoms with E-state index in [-0.39, 0.29) is 22.4 Å². The summed E-state index contributed by atoms with van der Waals surface area (Å²) in [6.07, 6.45) is 8.03. The summed E-state index contributed by atoms with van der Waals surface area (Å²) < 4.78 is 9.79. The normalized spacial score (nSPS) is 13.5. The van der Waals surface area contributed by atoms with E-state index in [4.69, 9.17) is 8.67 Å². The molecule has 0 aliphatic rings. The first kappa shape index (κ1) is 8.62. The van der Waals surface area contributed by atoms with Crippen molar-refractivity contribution in [2.75, 3.05) is 25.0 Å². The summed E-state index contributed by atoms with van der Waals surface area (Å²) in [5.74, 6) is 0. The predicted molar refractivity (Wildman–Crippen MR) is 43.8 cm³/mol. The minimum Gasteiger partial charge on any atom is -0.178 e. The Morgan fingerprint density at radius 2 is 1.00 bits per heavy atom. The van der Waals surface area contributed by atoms with Gasteiger partial charge in [0.2, 0.25) is 0 Å². The second-order valence-electron chi connectivity index (χ2n) is 1.77. The fraction of sp³-hybridized carbons (Fsp3) is 1.00. The topological polar surface area (TPSA) is 18.5 Å². The van der Waals surface area contributed by atoms with E-state index in [1.807, 2.05) is 25.0 Å². The summed E-state index contributed by atoms with van der Waals surface area (Å²) in [5, 5.41) is 0. The maximum atomic E-state index is 4.90. The summed E-state index contributed by atoms with van der Waals surface area (Å²) in [5.41, 5.74) is 0. The molecular formula is C4H14O2S2. The molecule has 4 heteroatoms. The van der Waals surface area contributed by atoms with Gasteiger partial charge in [-0.1, -0.05) is 0 Å². The van der Waals surface area contributed by atoms with Crippen LogP contribution in [0.25, 0.3) is 0 Å². The van der Waals surface area contributed by atoms with Crippen molar-refractivity contribution in [1.82, 2.24) is 0 Å². The minimum absolute atomic E-state index is 0.339. The molecule has 0 amide bonds. The van der Waals surface area contributed by atoms with Gasteiger partial charge in [0, 0.05) is 0 Å². The summed E-state index contributed by atoms with van der Waals surface area (Å²) in [4.78, 5) is 0. The Labute approximate surface area is 56.6 Å². The Balaban J connectivity index is 2.93. The zero-order valence-corrected chi connectivity index (χ0v) is 7.50. The van der Waals surface area contributed by atoms with Crippen molar-refractivity contribution in [3.8, 4) is 0 Å². The lowest BCUT2D eigenvalue weighted by Gasteiger charge is -2.12. The second kappa shape index (κ2) is 4.49. The first-order chi connectivity index (χ1) is 3.63. The fourth-order valence-electron chi connectivity index (χ4n) is 0.133. The van der Waals surface area contributed by atoms with Gasteiger partial charge in [-0.25, -0.2) is 0 Å². The molecule has 0 aromatic heterocycles. The molecule has 0 heterocycles. The van der Waals surface area contributed by atoms with Crippen LogP contribution < -0.4 is 0 Å². The molecule has 0 aliphatic heterocycles. The first-order valence-electron chi connectivity index (χ1n) is 2.32. The molecule has 0 radical (unpaired) electrons. The van der Waals surface area contributed by atoms with Crippen molar-refractivity contribution < 1.29 is 8.67 Å². The summed E-state index contributed by atoms with van der Waals surface area (Å²) in [7, 11) is 0. The predicted octanol–water partition coefficient (Wildman–Crippen LogP) is 1.29. The van der Waals surface area contributed by atoms with E-state index in [9.17, 15) is 0 Å². The minimum atomic E-state index is -0.339. The third-order valence-corrected chi connectivity index (χ3v) is 1.19. The van der Waals surface area contributed by atoms with Crippen LogP contribution in [-0.2, 0) is 8.67 Å². The maximum Gasteiger partial charge on any atom is -0.0126 e. The molecule has 0 rings (SSSR count). The summed E-state index contributed by atoms with van der Waals surface area (Å²) >= 11 is -0.678. The molecule has 0 bridgehead atoms. The smallest absolute Gasteiger partial charge is 0.0126 e. The molecule has 0 aliphatic carbocycles. The van der Waals surface area contributed by atoms with E-state index in [1.54, 1.807) is 0 Å². The third kappa shape index (κ3) is 6.62. The number of thiol groups is 2. The highest BCUT2D eigenvalue weighted by Gasteiger charge is 1.89. The zero-order chi connectivity index (χ0) is 6.57. The Kier molecular flexibility index (Phi) is 4.84. The molecule has 54 valence electrons. The van der Waals surface area contributed by atoms with Gasteiger partial charge in [0.1, 0.15) is 0 Å². The molecule has 0 saturated carbocycles. The van der Waals surface area contributed by atoms with E-state index in [2.05, 4.69) is 0 Å². The van der Waals surface area contributed by atoms with Gasteiger partial charge in [-0.2, -0.15) is 8.67 Å². The van der Waals surface area contributed by atoms with E-state index in [0.29, 0.717) is 0 Å². The van der Waals surface area contributed by atoms with Crippen LogP contribution in [0.1, 0.15) is 0 Å². The molecule has 0 unspecified atom stereocenters. The van der Waals surface area contributed by atoms with Crippen LogP contribution in [0.5, 0.6) is 0 Å². The Bertz CT molecular complexity index is 48.0. The van der Waals surface area contributed by atoms with Gasteiger partial charge in [0.25, 0.3) is 0 Å². The molecule has 0 aromatic carbocycles. The Hall–Kier alpha value is 0.620. The van der Waals surface area contributed by atoms with E-state index < -0.39 is 0 Å². The lowest BCUT2D eigenvalue weighted by atomic mass is 11.9. The van der Waals surface area contributed by atoms with Gasteiger partial charge in [-0.3, -0.25) is 0 Å². The van der Waals surface area contributed by atoms with Crippen LogP contribution >= 0.6 is 22.4 Å². The monoisotopic (exact) mass is 158 g/mol. The van der Waals surface area contributed by atoms with Crippen LogP contribution in [0, 0.1) is 0 Å². The van der Waals surface area contributed by atoms with Crippen molar-refractivity contribution in [3.63, 3.8) is 0 Å². The van der Waals surface area contributed by atoms with Gasteiger partial charge in [-0.15, -0.1) is 22.4 Å². The Morgan fingerprint density at radius 3 is 1.12 bits per heavy atom. The van der Waals surface area contributed by atoms with Crippen LogP contribution in [-0.4, -0.2) is 25.0 Å². The molecule has 0 aromatic rings. The zero-order valence-electron chi connectivity index (χ0n) is 5.71. The highest BCUT2D eigenvalue weighted by molar-refractivity contribution is 8.13. The fourth-order valence-corrected chi connectivity index (χ4v) is 1.20. The molecule has 0 N–H and O–H groups in total. The van der Waals surface area contributed by atoms with Crippen molar-refractivity contribution in [1.29, 1.82) is 0 Å². The first-order valence-corrected chi connectivity index (χ1v) is 6.63. The van der Waals surface area contributed by atoms with Crippen molar-refractivity contribution in [2.45, 2.75) is 0 Å². The largest absolute Gasteiger partial charge is 0.178 e. The molecular weight excluding hydrogens is 144 g/mol.